The van der Waals surface area contributed by atoms with E-state index in [4.69, 9.17) is 11.6 Å². The molecule has 3 heterocycles. The van der Waals surface area contributed by atoms with Crippen molar-refractivity contribution in [2.45, 2.75) is 26.7 Å². The Bertz CT molecular complexity index is 1440. The number of benzene rings is 1. The largest absolute Gasteiger partial charge is 0.276 e. The molecule has 3 aromatic heterocycles. The summed E-state index contributed by atoms with van der Waals surface area (Å²) in [5, 5.41) is 10.1. The van der Waals surface area contributed by atoms with E-state index >= 15 is 0 Å². The third-order valence-corrected chi connectivity index (χ3v) is 5.54. The average molecular weight is 433 g/mol. The van der Waals surface area contributed by atoms with Gasteiger partial charge >= 0.3 is 0 Å². The summed E-state index contributed by atoms with van der Waals surface area (Å²) in [6.45, 7) is 5.80. The normalized spacial score (nSPS) is 11.1. The van der Waals surface area contributed by atoms with Crippen molar-refractivity contribution in [1.82, 2.24) is 14.5 Å². The second-order valence-electron chi connectivity index (χ2n) is 7.51. The van der Waals surface area contributed by atoms with E-state index < -0.39 is 11.4 Å². The van der Waals surface area contributed by atoms with Crippen LogP contribution in [-0.4, -0.2) is 14.5 Å². The third kappa shape index (κ3) is 3.37. The number of aromatic nitrogens is 3. The van der Waals surface area contributed by atoms with E-state index in [0.29, 0.717) is 28.0 Å². The van der Waals surface area contributed by atoms with Gasteiger partial charge in [0.15, 0.2) is 0 Å². The Balaban J connectivity index is 2.20. The van der Waals surface area contributed by atoms with Crippen LogP contribution in [0.2, 0.25) is 5.02 Å². The highest BCUT2D eigenvalue weighted by molar-refractivity contribution is 6.36. The van der Waals surface area contributed by atoms with E-state index in [0.717, 1.165) is 5.56 Å². The van der Waals surface area contributed by atoms with Crippen LogP contribution in [0, 0.1) is 24.1 Å². The van der Waals surface area contributed by atoms with Crippen LogP contribution in [-0.2, 0) is 0 Å². The summed E-state index contributed by atoms with van der Waals surface area (Å²) >= 11 is 6.41. The number of rotatable bonds is 3. The molecule has 31 heavy (non-hydrogen) atoms. The molecule has 5 nitrogen and oxygen atoms in total. The highest BCUT2D eigenvalue weighted by Crippen LogP contribution is 2.31. The van der Waals surface area contributed by atoms with Crippen LogP contribution < -0.4 is 5.56 Å². The SMILES string of the molecule is Cc1ccnc(C(C)C)c1-n1c(=O)c(C#N)c(Cl)c2ccc(-c3ccccc3F)nc21. The fourth-order valence-electron chi connectivity index (χ4n) is 3.63. The van der Waals surface area contributed by atoms with E-state index in [9.17, 15) is 14.4 Å². The number of fused-ring (bicyclic) bond motifs is 1. The van der Waals surface area contributed by atoms with E-state index in [1.807, 2.05) is 26.8 Å². The molecule has 0 bridgehead atoms. The van der Waals surface area contributed by atoms with Crippen LogP contribution in [0.3, 0.4) is 0 Å². The van der Waals surface area contributed by atoms with Crippen LogP contribution in [0.4, 0.5) is 4.39 Å². The van der Waals surface area contributed by atoms with Crippen LogP contribution in [0.25, 0.3) is 28.0 Å². The van der Waals surface area contributed by atoms with E-state index in [1.165, 1.54) is 10.6 Å². The highest BCUT2D eigenvalue weighted by Gasteiger charge is 2.23. The van der Waals surface area contributed by atoms with Gasteiger partial charge in [-0.3, -0.25) is 14.3 Å². The maximum absolute atomic E-state index is 14.4. The van der Waals surface area contributed by atoms with Crippen LogP contribution in [0.1, 0.15) is 36.6 Å². The van der Waals surface area contributed by atoms with E-state index in [1.54, 1.807) is 42.6 Å². The average Bonchev–Trinajstić information content (AvgIpc) is 2.75. The van der Waals surface area contributed by atoms with Gasteiger partial charge < -0.3 is 0 Å². The molecular formula is C24H18ClFN4O. The van der Waals surface area contributed by atoms with Crippen molar-refractivity contribution in [3.63, 3.8) is 0 Å². The molecule has 154 valence electrons. The zero-order valence-electron chi connectivity index (χ0n) is 17.1. The maximum atomic E-state index is 14.4. The van der Waals surface area contributed by atoms with Gasteiger partial charge in [0, 0.05) is 17.1 Å². The summed E-state index contributed by atoms with van der Waals surface area (Å²) in [7, 11) is 0. The number of nitriles is 1. The second-order valence-corrected chi connectivity index (χ2v) is 7.88. The number of nitrogens with zero attached hydrogens (tertiary/aromatic N) is 4. The lowest BCUT2D eigenvalue weighted by atomic mass is 10.0. The first kappa shape index (κ1) is 20.7. The maximum Gasteiger partial charge on any atom is 0.276 e. The Morgan fingerprint density at radius 2 is 1.90 bits per heavy atom. The molecule has 4 aromatic rings. The first-order chi connectivity index (χ1) is 14.8. The van der Waals surface area contributed by atoms with Gasteiger partial charge in [0.2, 0.25) is 0 Å². The van der Waals surface area contributed by atoms with Crippen LogP contribution >= 0.6 is 11.6 Å². The zero-order valence-corrected chi connectivity index (χ0v) is 17.9. The van der Waals surface area contributed by atoms with E-state index in [-0.39, 0.29) is 22.2 Å². The Labute approximate surface area is 183 Å². The number of aryl methyl sites for hydroxylation is 1. The van der Waals surface area contributed by atoms with Crippen molar-refractivity contribution in [1.29, 1.82) is 5.26 Å². The van der Waals surface area contributed by atoms with Gasteiger partial charge in [-0.2, -0.15) is 5.26 Å². The summed E-state index contributed by atoms with van der Waals surface area (Å²) in [6.07, 6.45) is 1.68. The monoisotopic (exact) mass is 432 g/mol. The molecule has 0 aliphatic carbocycles. The molecule has 0 radical (unpaired) electrons. The molecule has 0 aliphatic heterocycles. The first-order valence-electron chi connectivity index (χ1n) is 9.71. The molecule has 0 N–H and O–H groups in total. The van der Waals surface area contributed by atoms with Crippen molar-refractivity contribution in [2.75, 3.05) is 0 Å². The van der Waals surface area contributed by atoms with Gasteiger partial charge in [0.25, 0.3) is 5.56 Å². The number of pyridine rings is 3. The van der Waals surface area contributed by atoms with Crippen molar-refractivity contribution in [3.05, 3.63) is 86.7 Å². The molecule has 0 spiro atoms. The summed E-state index contributed by atoms with van der Waals surface area (Å²) in [5.41, 5.74) is 2.18. The predicted molar refractivity (Wildman–Crippen MR) is 119 cm³/mol. The third-order valence-electron chi connectivity index (χ3n) is 5.15. The first-order valence-corrected chi connectivity index (χ1v) is 10.1. The molecule has 7 heteroatoms. The predicted octanol–water partition coefficient (Wildman–Crippen LogP) is 5.54. The summed E-state index contributed by atoms with van der Waals surface area (Å²) in [4.78, 5) is 22.5. The van der Waals surface area contributed by atoms with Crippen molar-refractivity contribution in [3.8, 4) is 23.0 Å². The lowest BCUT2D eigenvalue weighted by molar-refractivity contribution is 0.631. The smallest absolute Gasteiger partial charge is 0.267 e. The molecule has 0 unspecified atom stereocenters. The summed E-state index contributed by atoms with van der Waals surface area (Å²) in [5.74, 6) is -0.420. The molecular weight excluding hydrogens is 415 g/mol. The van der Waals surface area contributed by atoms with Gasteiger partial charge in [0.05, 0.1) is 22.1 Å². The zero-order chi connectivity index (χ0) is 22.3. The number of hydrogen-bond acceptors (Lipinski definition) is 4. The van der Waals surface area contributed by atoms with Crippen molar-refractivity contribution in [2.24, 2.45) is 0 Å². The Hall–Kier alpha value is -3.56. The summed E-state index contributed by atoms with van der Waals surface area (Å²) in [6, 6.07) is 13.3. The molecule has 0 fully saturated rings. The minimum atomic E-state index is -0.587. The molecule has 0 aliphatic rings. The topological polar surface area (TPSA) is 71.6 Å². The number of halogens is 2. The van der Waals surface area contributed by atoms with Crippen LogP contribution in [0.15, 0.2) is 53.5 Å². The molecule has 0 atom stereocenters. The highest BCUT2D eigenvalue weighted by atomic mass is 35.5. The Morgan fingerprint density at radius 1 is 1.16 bits per heavy atom. The molecule has 0 saturated carbocycles. The molecule has 0 amide bonds. The van der Waals surface area contributed by atoms with Gasteiger partial charge in [-0.15, -0.1) is 0 Å². The molecule has 1 aromatic carbocycles. The number of hydrogen-bond donors (Lipinski definition) is 0. The molecule has 0 saturated heterocycles. The lowest BCUT2D eigenvalue weighted by Gasteiger charge is -2.19. The van der Waals surface area contributed by atoms with Gasteiger partial charge in [0.1, 0.15) is 23.1 Å². The lowest BCUT2D eigenvalue weighted by Crippen LogP contribution is -2.25. The fraction of sp³-hybridized carbons (Fsp3) is 0.167. The van der Waals surface area contributed by atoms with Gasteiger partial charge in [-0.25, -0.2) is 9.37 Å². The van der Waals surface area contributed by atoms with Crippen LogP contribution in [0.5, 0.6) is 0 Å². The van der Waals surface area contributed by atoms with Crippen molar-refractivity contribution >= 4 is 22.6 Å². The minimum absolute atomic E-state index is 0.00724. The minimum Gasteiger partial charge on any atom is -0.267 e. The quantitative estimate of drug-likeness (QED) is 0.426. The van der Waals surface area contributed by atoms with Crippen molar-refractivity contribution < 1.29 is 4.39 Å². The summed E-state index contributed by atoms with van der Waals surface area (Å²) < 4.78 is 15.8. The van der Waals surface area contributed by atoms with E-state index in [2.05, 4.69) is 9.97 Å². The fourth-order valence-corrected chi connectivity index (χ4v) is 3.91. The standard InChI is InChI=1S/C24H18ClFN4O/c1-13(2)21-22(14(3)10-11-28-21)30-23-16(20(25)17(12-27)24(30)31)8-9-19(29-23)15-6-4-5-7-18(15)26/h4-11,13H,1-3H3. The van der Waals surface area contributed by atoms with Gasteiger partial charge in [-0.1, -0.05) is 37.6 Å². The Kier molecular flexibility index (Phi) is 5.30. The second kappa shape index (κ2) is 7.93. The molecule has 4 rings (SSSR count). The Morgan fingerprint density at radius 3 is 2.58 bits per heavy atom. The van der Waals surface area contributed by atoms with Gasteiger partial charge in [-0.05, 0) is 48.7 Å².